The van der Waals surface area contributed by atoms with Gasteiger partial charge in [-0.3, -0.25) is 9.11 Å². The maximum absolute atomic E-state index is 10.6. The van der Waals surface area contributed by atoms with Crippen LogP contribution in [0.25, 0.3) is 0 Å². The molecule has 0 radical (unpaired) electrons. The van der Waals surface area contributed by atoms with Crippen LogP contribution in [0.2, 0.25) is 0 Å². The van der Waals surface area contributed by atoms with Crippen molar-refractivity contribution in [3.05, 3.63) is 0 Å². The number of rotatable bonds is 0. The molecule has 0 aliphatic carbocycles. The Morgan fingerprint density at radius 3 is 0.800 bits per heavy atom. The molecule has 2 atom stereocenters. The summed E-state index contributed by atoms with van der Waals surface area (Å²) in [5, 5.41) is 0. The fourth-order valence-electron chi connectivity index (χ4n) is 0. The van der Waals surface area contributed by atoms with E-state index in [0.717, 1.165) is 0 Å². The molecule has 0 aromatic rings. The molecular weight excluding hydrogens is 332 g/mol. The Morgan fingerprint density at radius 2 is 0.800 bits per heavy atom. The molecule has 0 fully saturated rings. The van der Waals surface area contributed by atoms with Gasteiger partial charge in [0.25, 0.3) is 22.2 Å². The third-order valence-electron chi connectivity index (χ3n) is 0.396. The van der Waals surface area contributed by atoms with Gasteiger partial charge >= 0.3 is 11.0 Å². The number of halogens is 6. The zero-order valence-corrected chi connectivity index (χ0v) is 11.1. The normalized spacial score (nSPS) is 15.5. The summed E-state index contributed by atoms with van der Waals surface area (Å²) in [6, 6.07) is 0. The first kappa shape index (κ1) is 20.8. The zero-order valence-electron chi connectivity index (χ0n) is 6.50. The molecule has 4 nitrogen and oxygen atoms in total. The second kappa shape index (κ2) is 7.66. The minimum absolute atomic E-state index is 0. The Kier molecular flexibility index (Phi) is 10.6. The fraction of sp³-hybridized carbons (Fsp3) is 1.00. The average Bonchev–Trinajstić information content (AvgIpc) is 1.83. The van der Waals surface area contributed by atoms with E-state index in [2.05, 4.69) is 0 Å². The van der Waals surface area contributed by atoms with Crippen LogP contribution in [-0.4, -0.2) is 28.5 Å². The third kappa shape index (κ3) is 14.4. The second-order valence-corrected chi connectivity index (χ2v) is 3.31. The van der Waals surface area contributed by atoms with Crippen molar-refractivity contribution in [1.82, 2.24) is 0 Å². The summed E-state index contributed by atoms with van der Waals surface area (Å²) in [6.45, 7) is 0. The van der Waals surface area contributed by atoms with E-state index in [4.69, 9.17) is 17.5 Å². The van der Waals surface area contributed by atoms with Crippen molar-refractivity contribution in [3.8, 4) is 0 Å². The Balaban J connectivity index is -0.000000180. The first-order valence-electron chi connectivity index (χ1n) is 2.24. The van der Waals surface area contributed by atoms with Gasteiger partial charge in [-0.1, -0.05) is 0 Å². The molecule has 0 saturated carbocycles. The van der Waals surface area contributed by atoms with Gasteiger partial charge in [0.1, 0.15) is 0 Å². The van der Waals surface area contributed by atoms with E-state index in [1.54, 1.807) is 0 Å². The third-order valence-corrected chi connectivity index (χ3v) is 1.19. The molecule has 0 aliphatic rings. The molecule has 0 bridgehead atoms. The summed E-state index contributed by atoms with van der Waals surface area (Å²) in [6.07, 6.45) is 0. The van der Waals surface area contributed by atoms with Crippen molar-refractivity contribution < 1.29 is 63.3 Å². The first-order valence-corrected chi connectivity index (χ1v) is 4.45. The minimum atomic E-state index is -4.97. The molecular formula is C2H2F6O4S2Zn. The molecule has 90 valence electrons. The van der Waals surface area contributed by atoms with Crippen LogP contribution < -0.4 is 0 Å². The van der Waals surface area contributed by atoms with Crippen LogP contribution in [-0.2, 0) is 41.6 Å². The predicted molar refractivity (Wildman–Crippen MR) is 33.7 cm³/mol. The van der Waals surface area contributed by atoms with Crippen LogP contribution >= 0.6 is 0 Å². The van der Waals surface area contributed by atoms with E-state index >= 15 is 0 Å². The van der Waals surface area contributed by atoms with Crippen LogP contribution in [0.3, 0.4) is 0 Å². The summed E-state index contributed by atoms with van der Waals surface area (Å²) in [7, 11) is 0. The van der Waals surface area contributed by atoms with Crippen molar-refractivity contribution in [2.45, 2.75) is 11.0 Å². The van der Waals surface area contributed by atoms with E-state index in [1.165, 1.54) is 0 Å². The fourth-order valence-corrected chi connectivity index (χ4v) is 0. The molecule has 0 rings (SSSR count). The van der Waals surface area contributed by atoms with Gasteiger partial charge in [0.15, 0.2) is 0 Å². The van der Waals surface area contributed by atoms with Crippen LogP contribution in [0.4, 0.5) is 26.3 Å². The largest absolute Gasteiger partial charge is 0.496 e. The van der Waals surface area contributed by atoms with Crippen molar-refractivity contribution in [2.24, 2.45) is 0 Å². The summed E-state index contributed by atoms with van der Waals surface area (Å²) >= 11 is -7.37. The van der Waals surface area contributed by atoms with Crippen LogP contribution in [0.5, 0.6) is 0 Å². The Labute approximate surface area is 96.7 Å². The quantitative estimate of drug-likeness (QED) is 0.400. The van der Waals surface area contributed by atoms with Crippen molar-refractivity contribution >= 4 is 22.2 Å². The number of hydrogen-bond donors (Lipinski definition) is 2. The molecule has 0 saturated heterocycles. The maximum atomic E-state index is 10.6. The summed E-state index contributed by atoms with van der Waals surface area (Å²) in [5.74, 6) is 0. The van der Waals surface area contributed by atoms with Crippen molar-refractivity contribution in [3.63, 3.8) is 0 Å². The maximum Gasteiger partial charge on any atom is 0.496 e. The second-order valence-electron chi connectivity index (χ2n) is 1.39. The van der Waals surface area contributed by atoms with Crippen LogP contribution in [0.15, 0.2) is 0 Å². The molecule has 2 unspecified atom stereocenters. The Morgan fingerprint density at radius 1 is 0.733 bits per heavy atom. The summed E-state index contributed by atoms with van der Waals surface area (Å²) in [4.78, 5) is 0. The standard InChI is InChI=1S/2CHF3O2S.Zn/c2*2-1(3,4)7(5)6;/h2*(H,5,6);. The van der Waals surface area contributed by atoms with Gasteiger partial charge in [-0.15, -0.1) is 0 Å². The first-order chi connectivity index (χ1) is 5.89. The summed E-state index contributed by atoms with van der Waals surface area (Å²) < 4.78 is 96.3. The molecule has 0 aromatic heterocycles. The van der Waals surface area contributed by atoms with E-state index < -0.39 is 33.2 Å². The SMILES string of the molecule is O=S(O)C(F)(F)F.O=S(O)C(F)(F)F.[Zn]. The van der Waals surface area contributed by atoms with Gasteiger partial charge in [0, 0.05) is 19.5 Å². The van der Waals surface area contributed by atoms with Gasteiger partial charge in [0.2, 0.25) is 0 Å². The molecule has 0 amide bonds. The molecule has 15 heavy (non-hydrogen) atoms. The minimum Gasteiger partial charge on any atom is -0.299 e. The Hall–Kier alpha value is 0.423. The van der Waals surface area contributed by atoms with E-state index in [0.29, 0.717) is 0 Å². The van der Waals surface area contributed by atoms with Gasteiger partial charge in [0.05, 0.1) is 0 Å². The predicted octanol–water partition coefficient (Wildman–Crippen LogP) is 1.45. The van der Waals surface area contributed by atoms with Crippen molar-refractivity contribution in [2.75, 3.05) is 0 Å². The number of hydrogen-bond acceptors (Lipinski definition) is 2. The Bertz CT molecular complexity index is 200. The molecule has 0 heterocycles. The van der Waals surface area contributed by atoms with Gasteiger partial charge in [-0.2, -0.15) is 26.3 Å². The number of alkyl halides is 6. The van der Waals surface area contributed by atoms with Crippen LogP contribution in [0.1, 0.15) is 0 Å². The van der Waals surface area contributed by atoms with Crippen molar-refractivity contribution in [1.29, 1.82) is 0 Å². The zero-order chi connectivity index (χ0) is 12.2. The van der Waals surface area contributed by atoms with E-state index in [1.807, 2.05) is 0 Å². The molecule has 0 spiro atoms. The topological polar surface area (TPSA) is 74.6 Å². The van der Waals surface area contributed by atoms with Gasteiger partial charge in [-0.25, -0.2) is 8.42 Å². The van der Waals surface area contributed by atoms with E-state index in [-0.39, 0.29) is 19.5 Å². The van der Waals surface area contributed by atoms with Gasteiger partial charge < -0.3 is 0 Å². The molecule has 0 aliphatic heterocycles. The van der Waals surface area contributed by atoms with E-state index in [9.17, 15) is 26.3 Å². The average molecular weight is 334 g/mol. The molecule has 2 N–H and O–H groups in total. The molecule has 13 heteroatoms. The van der Waals surface area contributed by atoms with Gasteiger partial charge in [-0.05, 0) is 0 Å². The molecule has 0 aromatic carbocycles. The smallest absolute Gasteiger partial charge is 0.299 e. The van der Waals surface area contributed by atoms with Crippen LogP contribution in [0, 0.1) is 0 Å². The monoisotopic (exact) mass is 332 g/mol. The summed E-state index contributed by atoms with van der Waals surface area (Å²) in [5.41, 5.74) is -9.94.